The van der Waals surface area contributed by atoms with Gasteiger partial charge in [-0.05, 0) is 28.1 Å². The van der Waals surface area contributed by atoms with Crippen LogP contribution in [0.4, 0.5) is 0 Å². The Morgan fingerprint density at radius 1 is 1.45 bits per heavy atom. The second kappa shape index (κ2) is 3.05. The van der Waals surface area contributed by atoms with Crippen LogP contribution in [0.3, 0.4) is 0 Å². The summed E-state index contributed by atoms with van der Waals surface area (Å²) in [6, 6.07) is 4.02. The first kappa shape index (κ1) is 8.27. The van der Waals surface area contributed by atoms with Gasteiger partial charge in [0.05, 0.1) is 0 Å². The van der Waals surface area contributed by atoms with Gasteiger partial charge in [0.25, 0.3) is 0 Å². The van der Waals surface area contributed by atoms with Gasteiger partial charge in [-0.15, -0.1) is 0 Å². The molecule has 0 fully saturated rings. The molecule has 58 valence electrons. The highest BCUT2D eigenvalue weighted by atomic mass is 79.9. The first-order valence-corrected chi connectivity index (χ1v) is 3.74. The van der Waals surface area contributed by atoms with Crippen molar-refractivity contribution in [3.63, 3.8) is 0 Å². The molecule has 0 aliphatic rings. The van der Waals surface area contributed by atoms with Gasteiger partial charge in [0.2, 0.25) is 0 Å². The molecule has 1 N–H and O–H groups in total. The van der Waals surface area contributed by atoms with Crippen molar-refractivity contribution in [1.82, 2.24) is 9.97 Å². The molecule has 0 bridgehead atoms. The van der Waals surface area contributed by atoms with Crippen LogP contribution in [0.5, 0.6) is 0 Å². The summed E-state index contributed by atoms with van der Waals surface area (Å²) in [6.07, 6.45) is 3.66. The van der Waals surface area contributed by atoms with Crippen LogP contribution in [0.2, 0.25) is 0 Å². The number of halogens is 1. The Hall–Kier alpha value is -0.830. The second-order valence-electron chi connectivity index (χ2n) is 2.07. The smallest absolute Gasteiger partial charge is 0.137 e. The van der Waals surface area contributed by atoms with Crippen LogP contribution in [-0.2, 0) is 0 Å². The lowest BCUT2D eigenvalue weighted by Gasteiger charge is -1.88. The van der Waals surface area contributed by atoms with E-state index in [9.17, 15) is 0 Å². The molecule has 0 radical (unpaired) electrons. The van der Waals surface area contributed by atoms with Crippen molar-refractivity contribution < 1.29 is 0 Å². The molecule has 2 rings (SSSR count). The number of H-pyrrole nitrogens is 1. The van der Waals surface area contributed by atoms with Gasteiger partial charge in [-0.25, -0.2) is 4.98 Å². The van der Waals surface area contributed by atoms with Gasteiger partial charge in [-0.1, -0.05) is 7.43 Å². The highest BCUT2D eigenvalue weighted by Crippen LogP contribution is 2.14. The van der Waals surface area contributed by atoms with Gasteiger partial charge in [0.1, 0.15) is 5.65 Å². The summed E-state index contributed by atoms with van der Waals surface area (Å²) in [5.74, 6) is 0. The molecule has 0 aliphatic carbocycles. The Balaban J connectivity index is 0.000000605. The molecule has 2 heterocycles. The van der Waals surface area contributed by atoms with Crippen LogP contribution in [0, 0.1) is 0 Å². The van der Waals surface area contributed by atoms with Crippen molar-refractivity contribution >= 4 is 27.0 Å². The fraction of sp³-hybridized carbons (Fsp3) is 0.125. The molecule has 0 amide bonds. The molecule has 2 nitrogen and oxygen atoms in total. The van der Waals surface area contributed by atoms with E-state index in [0.29, 0.717) is 0 Å². The first-order chi connectivity index (χ1) is 4.86. The van der Waals surface area contributed by atoms with Crippen molar-refractivity contribution in [2.75, 3.05) is 0 Å². The number of rotatable bonds is 0. The average molecular weight is 213 g/mol. The third-order valence-corrected chi connectivity index (χ3v) is 1.80. The predicted molar refractivity (Wildman–Crippen MR) is 50.5 cm³/mol. The molecule has 0 spiro atoms. The number of aromatic nitrogens is 2. The number of nitrogens with one attached hydrogen (secondary N) is 1. The topological polar surface area (TPSA) is 28.7 Å². The number of nitrogens with zero attached hydrogens (tertiary/aromatic N) is 1. The minimum absolute atomic E-state index is 0. The molecule has 11 heavy (non-hydrogen) atoms. The number of aromatic amines is 1. The molecule has 2 aromatic rings. The van der Waals surface area contributed by atoms with Crippen molar-refractivity contribution in [3.05, 3.63) is 29.0 Å². The molecule has 0 aliphatic heterocycles. The van der Waals surface area contributed by atoms with E-state index in [2.05, 4.69) is 25.9 Å². The van der Waals surface area contributed by atoms with E-state index in [4.69, 9.17) is 0 Å². The summed E-state index contributed by atoms with van der Waals surface area (Å²) in [6.45, 7) is 0. The van der Waals surface area contributed by atoms with Gasteiger partial charge in [0.15, 0.2) is 0 Å². The zero-order valence-corrected chi connectivity index (χ0v) is 6.72. The molecule has 0 aromatic carbocycles. The monoisotopic (exact) mass is 212 g/mol. The summed E-state index contributed by atoms with van der Waals surface area (Å²) in [4.78, 5) is 7.15. The Bertz CT molecular complexity index is 354. The maximum absolute atomic E-state index is 4.14. The fourth-order valence-electron chi connectivity index (χ4n) is 0.913. The van der Waals surface area contributed by atoms with Crippen LogP contribution in [0.25, 0.3) is 11.0 Å². The van der Waals surface area contributed by atoms with Gasteiger partial charge >= 0.3 is 0 Å². The second-order valence-corrected chi connectivity index (χ2v) is 2.98. The minimum atomic E-state index is 0. The zero-order chi connectivity index (χ0) is 6.97. The maximum Gasteiger partial charge on any atom is 0.137 e. The summed E-state index contributed by atoms with van der Waals surface area (Å²) < 4.78 is 1.01. The van der Waals surface area contributed by atoms with Crippen LogP contribution in [-0.4, -0.2) is 9.97 Å². The standard InChI is InChI=1S/C7H5BrN2.CH4/c8-6-3-5-1-2-9-7(5)10-4-6;/h1-4H,(H,9,10);1H4. The van der Waals surface area contributed by atoms with Crippen LogP contribution in [0.1, 0.15) is 7.43 Å². The van der Waals surface area contributed by atoms with Crippen molar-refractivity contribution in [2.45, 2.75) is 7.43 Å². The van der Waals surface area contributed by atoms with E-state index in [0.717, 1.165) is 15.5 Å². The van der Waals surface area contributed by atoms with E-state index in [-0.39, 0.29) is 7.43 Å². The average Bonchev–Trinajstić information content (AvgIpc) is 2.33. The van der Waals surface area contributed by atoms with E-state index in [1.807, 2.05) is 18.3 Å². The van der Waals surface area contributed by atoms with Crippen molar-refractivity contribution in [1.29, 1.82) is 0 Å². The zero-order valence-electron chi connectivity index (χ0n) is 5.13. The molecular weight excluding hydrogens is 204 g/mol. The molecule has 3 heteroatoms. The lowest BCUT2D eigenvalue weighted by Crippen LogP contribution is -1.73. The van der Waals surface area contributed by atoms with Gasteiger partial charge in [-0.2, -0.15) is 0 Å². The first-order valence-electron chi connectivity index (χ1n) is 2.95. The fourth-order valence-corrected chi connectivity index (χ4v) is 1.26. The highest BCUT2D eigenvalue weighted by molar-refractivity contribution is 9.10. The summed E-state index contributed by atoms with van der Waals surface area (Å²) in [7, 11) is 0. The predicted octanol–water partition coefficient (Wildman–Crippen LogP) is 2.96. The van der Waals surface area contributed by atoms with Gasteiger partial charge < -0.3 is 4.98 Å². The Kier molecular flexibility index (Phi) is 2.29. The van der Waals surface area contributed by atoms with Crippen LogP contribution >= 0.6 is 15.9 Å². The van der Waals surface area contributed by atoms with E-state index in [1.54, 1.807) is 6.20 Å². The Morgan fingerprint density at radius 2 is 2.27 bits per heavy atom. The summed E-state index contributed by atoms with van der Waals surface area (Å²) in [5, 5.41) is 1.13. The van der Waals surface area contributed by atoms with E-state index < -0.39 is 0 Å². The molecule has 0 saturated heterocycles. The van der Waals surface area contributed by atoms with E-state index in [1.165, 1.54) is 0 Å². The Labute approximate surface area is 73.8 Å². The molecular formula is C8H9BrN2. The van der Waals surface area contributed by atoms with Gasteiger partial charge in [-0.3, -0.25) is 0 Å². The number of fused-ring (bicyclic) bond motifs is 1. The summed E-state index contributed by atoms with van der Waals surface area (Å²) in [5.41, 5.74) is 0.934. The quantitative estimate of drug-likeness (QED) is 0.715. The van der Waals surface area contributed by atoms with Gasteiger partial charge in [0, 0.05) is 22.3 Å². The Morgan fingerprint density at radius 3 is 3.09 bits per heavy atom. The third kappa shape index (κ3) is 1.43. The molecule has 0 saturated carbocycles. The number of pyridine rings is 1. The lowest BCUT2D eigenvalue weighted by atomic mass is 10.3. The third-order valence-electron chi connectivity index (χ3n) is 1.37. The van der Waals surface area contributed by atoms with E-state index >= 15 is 0 Å². The van der Waals surface area contributed by atoms with Crippen molar-refractivity contribution in [3.8, 4) is 0 Å². The van der Waals surface area contributed by atoms with Crippen LogP contribution < -0.4 is 0 Å². The number of hydrogen-bond acceptors (Lipinski definition) is 1. The normalized spacial score (nSPS) is 9.55. The molecule has 0 unspecified atom stereocenters. The number of hydrogen-bond donors (Lipinski definition) is 1. The SMILES string of the molecule is Brc1cnc2[nH]ccc2c1.C. The minimum Gasteiger partial charge on any atom is -0.346 e. The van der Waals surface area contributed by atoms with Crippen molar-refractivity contribution in [2.24, 2.45) is 0 Å². The van der Waals surface area contributed by atoms with Crippen LogP contribution in [0.15, 0.2) is 29.0 Å². The maximum atomic E-state index is 4.14. The summed E-state index contributed by atoms with van der Waals surface area (Å²) >= 11 is 3.34. The highest BCUT2D eigenvalue weighted by Gasteiger charge is 1.93. The lowest BCUT2D eigenvalue weighted by molar-refractivity contribution is 1.31. The molecule has 0 atom stereocenters. The largest absolute Gasteiger partial charge is 0.346 e. The molecule has 2 aromatic heterocycles.